The zero-order valence-electron chi connectivity index (χ0n) is 13.3. The molecule has 0 spiro atoms. The third kappa shape index (κ3) is 4.50. The molecule has 122 valence electrons. The Balaban J connectivity index is 2.22. The molecule has 1 aromatic carbocycles. The smallest absolute Gasteiger partial charge is 0.252 e. The van der Waals surface area contributed by atoms with E-state index in [4.69, 9.17) is 0 Å². The fourth-order valence-corrected chi connectivity index (χ4v) is 3.11. The van der Waals surface area contributed by atoms with Crippen molar-refractivity contribution in [3.8, 4) is 0 Å². The van der Waals surface area contributed by atoms with Gasteiger partial charge in [-0.3, -0.25) is 9.59 Å². The van der Waals surface area contributed by atoms with Crippen molar-refractivity contribution < 1.29 is 14.7 Å². The average Bonchev–Trinajstić information content (AvgIpc) is 3.07. The molecule has 1 aromatic heterocycles. The normalized spacial score (nSPS) is 12.2. The van der Waals surface area contributed by atoms with E-state index < -0.39 is 0 Å². The van der Waals surface area contributed by atoms with Crippen molar-refractivity contribution in [3.05, 3.63) is 57.8 Å². The summed E-state index contributed by atoms with van der Waals surface area (Å²) in [7, 11) is 0. The van der Waals surface area contributed by atoms with Crippen LogP contribution in [0.5, 0.6) is 0 Å². The van der Waals surface area contributed by atoms with Gasteiger partial charge in [0.2, 0.25) is 5.78 Å². The van der Waals surface area contributed by atoms with Gasteiger partial charge in [-0.15, -0.1) is 11.3 Å². The highest BCUT2D eigenvalue weighted by atomic mass is 32.1. The largest absolute Gasteiger partial charge is 0.394 e. The van der Waals surface area contributed by atoms with Crippen molar-refractivity contribution in [2.24, 2.45) is 5.92 Å². The number of ketones is 1. The summed E-state index contributed by atoms with van der Waals surface area (Å²) in [6.45, 7) is 3.94. The lowest BCUT2D eigenvalue weighted by molar-refractivity contribution is 0.0900. The van der Waals surface area contributed by atoms with E-state index in [1.54, 1.807) is 30.3 Å². The molecular formula is C18H21NO3S. The number of carbonyl (C=O) groups excluding carboxylic acids is 2. The molecule has 1 amide bonds. The van der Waals surface area contributed by atoms with Gasteiger partial charge < -0.3 is 10.4 Å². The summed E-state index contributed by atoms with van der Waals surface area (Å²) in [5.74, 6) is -0.129. The minimum Gasteiger partial charge on any atom is -0.394 e. The van der Waals surface area contributed by atoms with Crippen LogP contribution in [0, 0.1) is 5.92 Å². The Kier molecular flexibility index (Phi) is 6.07. The highest BCUT2D eigenvalue weighted by Crippen LogP contribution is 2.18. The van der Waals surface area contributed by atoms with Crippen molar-refractivity contribution in [2.45, 2.75) is 26.3 Å². The molecule has 5 heteroatoms. The predicted molar refractivity (Wildman–Crippen MR) is 92.0 cm³/mol. The molecule has 2 N–H and O–H groups in total. The molecule has 1 atom stereocenters. The first-order chi connectivity index (χ1) is 11.0. The Hall–Kier alpha value is -1.98. The molecule has 1 heterocycles. The summed E-state index contributed by atoms with van der Waals surface area (Å²) in [5, 5.41) is 14.1. The second kappa shape index (κ2) is 8.04. The van der Waals surface area contributed by atoms with Crippen LogP contribution in [-0.2, 0) is 0 Å². The van der Waals surface area contributed by atoms with Crippen LogP contribution in [0.25, 0.3) is 0 Å². The summed E-state index contributed by atoms with van der Waals surface area (Å²) in [6, 6.07) is 10.0. The lowest BCUT2D eigenvalue weighted by Gasteiger charge is -2.19. The van der Waals surface area contributed by atoms with Crippen molar-refractivity contribution in [1.82, 2.24) is 5.32 Å². The minimum atomic E-state index is -0.329. The number of hydrogen-bond acceptors (Lipinski definition) is 4. The van der Waals surface area contributed by atoms with E-state index in [1.807, 2.05) is 25.3 Å². The maximum atomic E-state index is 12.5. The molecule has 2 rings (SSSR count). The first-order valence-electron chi connectivity index (χ1n) is 7.62. The van der Waals surface area contributed by atoms with Gasteiger partial charge in [-0.25, -0.2) is 0 Å². The highest BCUT2D eigenvalue weighted by Gasteiger charge is 2.21. The van der Waals surface area contributed by atoms with Gasteiger partial charge >= 0.3 is 0 Å². The van der Waals surface area contributed by atoms with E-state index in [2.05, 4.69) is 5.32 Å². The average molecular weight is 331 g/mol. The number of amides is 1. The van der Waals surface area contributed by atoms with Gasteiger partial charge in [0.05, 0.1) is 23.1 Å². The highest BCUT2D eigenvalue weighted by molar-refractivity contribution is 7.12. The quantitative estimate of drug-likeness (QED) is 0.766. The monoisotopic (exact) mass is 331 g/mol. The van der Waals surface area contributed by atoms with E-state index in [9.17, 15) is 14.7 Å². The van der Waals surface area contributed by atoms with Gasteiger partial charge in [0.15, 0.2) is 0 Å². The Morgan fingerprint density at radius 2 is 1.83 bits per heavy atom. The number of hydrogen-bond donors (Lipinski definition) is 2. The molecule has 0 aliphatic rings. The summed E-state index contributed by atoms with van der Waals surface area (Å²) in [4.78, 5) is 25.7. The van der Waals surface area contributed by atoms with Crippen LogP contribution in [-0.4, -0.2) is 29.4 Å². The predicted octanol–water partition coefficient (Wildman–Crippen LogP) is 3.12. The Labute approximate surface area is 140 Å². The summed E-state index contributed by atoms with van der Waals surface area (Å²) in [6.07, 6.45) is 0.684. The van der Waals surface area contributed by atoms with Gasteiger partial charge in [-0.1, -0.05) is 38.1 Å². The SMILES string of the molecule is CC(C)CC(CO)NC(=O)c1ccccc1C(=O)c1cccs1. The summed E-state index contributed by atoms with van der Waals surface area (Å²) in [5.41, 5.74) is 0.724. The van der Waals surface area contributed by atoms with Gasteiger partial charge in [-0.2, -0.15) is 0 Å². The molecule has 23 heavy (non-hydrogen) atoms. The third-order valence-corrected chi connectivity index (χ3v) is 4.34. The van der Waals surface area contributed by atoms with E-state index in [-0.39, 0.29) is 24.3 Å². The van der Waals surface area contributed by atoms with Crippen molar-refractivity contribution >= 4 is 23.0 Å². The molecule has 0 fully saturated rings. The van der Waals surface area contributed by atoms with Crippen LogP contribution >= 0.6 is 11.3 Å². The molecule has 2 aromatic rings. The minimum absolute atomic E-state index is 0.120. The Morgan fingerprint density at radius 3 is 2.39 bits per heavy atom. The molecule has 0 saturated heterocycles. The summed E-state index contributed by atoms with van der Waals surface area (Å²) < 4.78 is 0. The second-order valence-electron chi connectivity index (χ2n) is 5.83. The summed E-state index contributed by atoms with van der Waals surface area (Å²) >= 11 is 1.35. The maximum absolute atomic E-state index is 12.5. The molecule has 0 bridgehead atoms. The molecule has 0 radical (unpaired) electrons. The van der Waals surface area contributed by atoms with Crippen LogP contribution in [0.3, 0.4) is 0 Å². The van der Waals surface area contributed by atoms with Crippen LogP contribution in [0.4, 0.5) is 0 Å². The first kappa shape index (κ1) is 17.4. The van der Waals surface area contributed by atoms with E-state index in [0.29, 0.717) is 28.3 Å². The van der Waals surface area contributed by atoms with Crippen molar-refractivity contribution in [2.75, 3.05) is 6.61 Å². The van der Waals surface area contributed by atoms with Crippen LogP contribution in [0.15, 0.2) is 41.8 Å². The number of aliphatic hydroxyl groups is 1. The Morgan fingerprint density at radius 1 is 1.13 bits per heavy atom. The zero-order chi connectivity index (χ0) is 16.8. The Bertz CT molecular complexity index is 665. The number of aliphatic hydroxyl groups excluding tert-OH is 1. The molecule has 0 aliphatic heterocycles. The lowest BCUT2D eigenvalue weighted by atomic mass is 10.0. The van der Waals surface area contributed by atoms with Gasteiger partial charge in [0.25, 0.3) is 5.91 Å². The van der Waals surface area contributed by atoms with Crippen molar-refractivity contribution in [1.29, 1.82) is 0 Å². The van der Waals surface area contributed by atoms with Crippen LogP contribution in [0.2, 0.25) is 0 Å². The number of thiophene rings is 1. The number of rotatable bonds is 7. The number of carbonyl (C=O) groups is 2. The van der Waals surface area contributed by atoms with E-state index >= 15 is 0 Å². The lowest BCUT2D eigenvalue weighted by Crippen LogP contribution is -2.39. The molecular weight excluding hydrogens is 310 g/mol. The third-order valence-electron chi connectivity index (χ3n) is 3.47. The topological polar surface area (TPSA) is 66.4 Å². The molecule has 1 unspecified atom stereocenters. The van der Waals surface area contributed by atoms with Gasteiger partial charge in [-0.05, 0) is 29.9 Å². The molecule has 4 nitrogen and oxygen atoms in total. The molecule has 0 saturated carbocycles. The fourth-order valence-electron chi connectivity index (χ4n) is 2.43. The number of benzene rings is 1. The second-order valence-corrected chi connectivity index (χ2v) is 6.78. The zero-order valence-corrected chi connectivity index (χ0v) is 14.1. The maximum Gasteiger partial charge on any atom is 0.252 e. The fraction of sp³-hybridized carbons (Fsp3) is 0.333. The number of nitrogens with one attached hydrogen (secondary N) is 1. The molecule has 0 aliphatic carbocycles. The van der Waals surface area contributed by atoms with E-state index in [1.165, 1.54) is 11.3 Å². The van der Waals surface area contributed by atoms with Gasteiger partial charge in [0, 0.05) is 5.56 Å². The van der Waals surface area contributed by atoms with Crippen LogP contribution < -0.4 is 5.32 Å². The van der Waals surface area contributed by atoms with Crippen molar-refractivity contribution in [3.63, 3.8) is 0 Å². The van der Waals surface area contributed by atoms with Crippen LogP contribution in [0.1, 0.15) is 45.9 Å². The van der Waals surface area contributed by atoms with E-state index in [0.717, 1.165) is 0 Å². The van der Waals surface area contributed by atoms with Gasteiger partial charge in [0.1, 0.15) is 0 Å². The standard InChI is InChI=1S/C18H21NO3S/c1-12(2)10-13(11-20)19-18(22)15-7-4-3-6-14(15)17(21)16-8-5-9-23-16/h3-9,12-13,20H,10-11H2,1-2H3,(H,19,22). The first-order valence-corrected chi connectivity index (χ1v) is 8.49.